The number of piperazine rings is 1. The van der Waals surface area contributed by atoms with Crippen LogP contribution < -0.4 is 5.32 Å². The smallest absolute Gasteiger partial charge is 0.409 e. The fourth-order valence-corrected chi connectivity index (χ4v) is 4.66. The number of ether oxygens (including phenoxy) is 1. The zero-order valence-electron chi connectivity index (χ0n) is 17.8. The summed E-state index contributed by atoms with van der Waals surface area (Å²) < 4.78 is 5.02. The first-order valence-corrected chi connectivity index (χ1v) is 11.2. The van der Waals surface area contributed by atoms with Gasteiger partial charge in [0.05, 0.1) is 19.2 Å². The summed E-state index contributed by atoms with van der Waals surface area (Å²) in [6, 6.07) is 2.16. The van der Waals surface area contributed by atoms with Gasteiger partial charge in [-0.05, 0) is 45.4 Å². The van der Waals surface area contributed by atoms with Crippen LogP contribution in [0.2, 0.25) is 0 Å². The Morgan fingerprint density at radius 3 is 2.30 bits per heavy atom. The molecule has 2 saturated heterocycles. The molecule has 0 unspecified atom stereocenters. The standard InChI is InChI=1S/C21H33N5O4/c1-2-30-21(29)25-12-10-24(11-13-25)20(28)16-5-7-17(8-6-16)23-15-19(27)26-9-3-4-18(26)14-22/h16-18,23H,2-13,15H2,1H3/t16-,17-,18-/m0/s1. The Hall–Kier alpha value is -2.34. The highest BCUT2D eigenvalue weighted by molar-refractivity contribution is 5.80. The van der Waals surface area contributed by atoms with Crippen molar-refractivity contribution in [2.45, 2.75) is 57.5 Å². The first kappa shape index (κ1) is 22.3. The van der Waals surface area contributed by atoms with Gasteiger partial charge in [-0.2, -0.15) is 5.26 Å². The molecule has 0 aromatic rings. The third-order valence-electron chi connectivity index (χ3n) is 6.46. The Labute approximate surface area is 178 Å². The van der Waals surface area contributed by atoms with E-state index in [1.165, 1.54) is 0 Å². The van der Waals surface area contributed by atoms with Gasteiger partial charge in [0.1, 0.15) is 6.04 Å². The third kappa shape index (κ3) is 5.42. The second kappa shape index (κ2) is 10.6. The van der Waals surface area contributed by atoms with Crippen LogP contribution in [0, 0.1) is 17.2 Å². The average Bonchev–Trinajstić information content (AvgIpc) is 3.27. The number of carbonyl (C=O) groups is 3. The van der Waals surface area contributed by atoms with Gasteiger partial charge in [0, 0.05) is 44.7 Å². The molecule has 1 N–H and O–H groups in total. The number of nitrogens with one attached hydrogen (secondary N) is 1. The van der Waals surface area contributed by atoms with Gasteiger partial charge in [-0.25, -0.2) is 4.79 Å². The summed E-state index contributed by atoms with van der Waals surface area (Å²) in [7, 11) is 0. The van der Waals surface area contributed by atoms with Gasteiger partial charge in [0.2, 0.25) is 11.8 Å². The van der Waals surface area contributed by atoms with Crippen molar-refractivity contribution in [1.29, 1.82) is 5.26 Å². The Kier molecular flexibility index (Phi) is 7.91. The Bertz CT molecular complexity index is 663. The first-order chi connectivity index (χ1) is 14.5. The summed E-state index contributed by atoms with van der Waals surface area (Å²) in [5.74, 6) is 0.202. The van der Waals surface area contributed by atoms with Crippen molar-refractivity contribution in [3.05, 3.63) is 0 Å². The minimum Gasteiger partial charge on any atom is -0.450 e. The van der Waals surface area contributed by atoms with Crippen LogP contribution in [0.4, 0.5) is 4.79 Å². The molecule has 0 bridgehead atoms. The summed E-state index contributed by atoms with van der Waals surface area (Å²) in [4.78, 5) is 42.2. The number of nitriles is 1. The molecule has 0 aromatic heterocycles. The molecule has 3 aliphatic rings. The molecule has 3 fully saturated rings. The quantitative estimate of drug-likeness (QED) is 0.711. The first-order valence-electron chi connectivity index (χ1n) is 11.2. The predicted molar refractivity (Wildman–Crippen MR) is 109 cm³/mol. The number of carbonyl (C=O) groups excluding carboxylic acids is 3. The predicted octanol–water partition coefficient (Wildman–Crippen LogP) is 0.950. The molecular weight excluding hydrogens is 386 g/mol. The summed E-state index contributed by atoms with van der Waals surface area (Å²) in [6.07, 6.45) is 4.72. The molecule has 1 atom stereocenters. The summed E-state index contributed by atoms with van der Waals surface area (Å²) >= 11 is 0. The van der Waals surface area contributed by atoms with E-state index in [9.17, 15) is 14.4 Å². The lowest BCUT2D eigenvalue weighted by atomic mass is 9.85. The van der Waals surface area contributed by atoms with Gasteiger partial charge >= 0.3 is 6.09 Å². The summed E-state index contributed by atoms with van der Waals surface area (Å²) in [5, 5.41) is 12.5. The van der Waals surface area contributed by atoms with E-state index in [1.54, 1.807) is 16.7 Å². The Balaban J connectivity index is 1.36. The number of hydrogen-bond donors (Lipinski definition) is 1. The largest absolute Gasteiger partial charge is 0.450 e. The van der Waals surface area contributed by atoms with E-state index < -0.39 is 0 Å². The lowest BCUT2D eigenvalue weighted by Gasteiger charge is -2.37. The zero-order valence-corrected chi connectivity index (χ0v) is 17.8. The summed E-state index contributed by atoms with van der Waals surface area (Å²) in [6.45, 7) is 5.22. The highest BCUT2D eigenvalue weighted by Gasteiger charge is 2.33. The van der Waals surface area contributed by atoms with Crippen molar-refractivity contribution >= 4 is 17.9 Å². The van der Waals surface area contributed by atoms with Crippen molar-refractivity contribution < 1.29 is 19.1 Å². The van der Waals surface area contributed by atoms with E-state index in [2.05, 4.69) is 11.4 Å². The van der Waals surface area contributed by atoms with E-state index in [4.69, 9.17) is 10.00 Å². The van der Waals surface area contributed by atoms with Crippen LogP contribution in [0.3, 0.4) is 0 Å². The van der Waals surface area contributed by atoms with Crippen LogP contribution in [-0.2, 0) is 14.3 Å². The minimum atomic E-state index is -0.305. The highest BCUT2D eigenvalue weighted by atomic mass is 16.6. The van der Waals surface area contributed by atoms with E-state index >= 15 is 0 Å². The molecule has 2 heterocycles. The van der Waals surface area contributed by atoms with Gasteiger partial charge < -0.3 is 24.8 Å². The monoisotopic (exact) mass is 419 g/mol. The van der Waals surface area contributed by atoms with Crippen LogP contribution in [0.15, 0.2) is 0 Å². The van der Waals surface area contributed by atoms with Crippen molar-refractivity contribution in [2.75, 3.05) is 45.9 Å². The minimum absolute atomic E-state index is 0.00304. The van der Waals surface area contributed by atoms with Crippen LogP contribution in [0.25, 0.3) is 0 Å². The average molecular weight is 420 g/mol. The molecule has 166 valence electrons. The van der Waals surface area contributed by atoms with Crippen molar-refractivity contribution in [3.63, 3.8) is 0 Å². The van der Waals surface area contributed by atoms with Crippen LogP contribution in [0.1, 0.15) is 45.4 Å². The SMILES string of the molecule is CCOC(=O)N1CCN(C(=O)[C@H]2CC[C@H](NCC(=O)N3CCC[C@H]3C#N)CC2)CC1. The van der Waals surface area contributed by atoms with Gasteiger partial charge in [0.15, 0.2) is 0 Å². The number of nitrogens with zero attached hydrogens (tertiary/aromatic N) is 4. The molecular formula is C21H33N5O4. The second-order valence-electron chi connectivity index (χ2n) is 8.31. The van der Waals surface area contributed by atoms with Crippen LogP contribution in [0.5, 0.6) is 0 Å². The lowest BCUT2D eigenvalue weighted by molar-refractivity contribution is -0.138. The summed E-state index contributed by atoms with van der Waals surface area (Å²) in [5.41, 5.74) is 0. The number of likely N-dealkylation sites (tertiary alicyclic amines) is 1. The molecule has 30 heavy (non-hydrogen) atoms. The third-order valence-corrected chi connectivity index (χ3v) is 6.46. The normalized spacial score (nSPS) is 26.9. The van der Waals surface area contributed by atoms with E-state index in [0.29, 0.717) is 39.3 Å². The topological polar surface area (TPSA) is 106 Å². The van der Waals surface area contributed by atoms with Gasteiger partial charge in [0.25, 0.3) is 0 Å². The van der Waals surface area contributed by atoms with Gasteiger partial charge in [-0.1, -0.05) is 0 Å². The molecule has 0 aromatic carbocycles. The fraction of sp³-hybridized carbons (Fsp3) is 0.810. The van der Waals surface area contributed by atoms with Crippen LogP contribution in [-0.4, -0.2) is 90.6 Å². The van der Waals surface area contributed by atoms with Crippen molar-refractivity contribution in [1.82, 2.24) is 20.0 Å². The van der Waals surface area contributed by atoms with Crippen LogP contribution >= 0.6 is 0 Å². The van der Waals surface area contributed by atoms with E-state index in [-0.39, 0.29) is 42.5 Å². The number of hydrogen-bond acceptors (Lipinski definition) is 6. The molecule has 9 nitrogen and oxygen atoms in total. The lowest BCUT2D eigenvalue weighted by Crippen LogP contribution is -2.52. The molecule has 2 aliphatic heterocycles. The van der Waals surface area contributed by atoms with Gasteiger partial charge in [-0.15, -0.1) is 0 Å². The highest BCUT2D eigenvalue weighted by Crippen LogP contribution is 2.26. The number of amides is 3. The molecule has 3 rings (SSSR count). The van der Waals surface area contributed by atoms with Gasteiger partial charge in [-0.3, -0.25) is 9.59 Å². The molecule has 3 amide bonds. The zero-order chi connectivity index (χ0) is 21.5. The van der Waals surface area contributed by atoms with E-state index in [1.807, 2.05) is 4.90 Å². The maximum atomic E-state index is 12.9. The van der Waals surface area contributed by atoms with Crippen molar-refractivity contribution in [3.8, 4) is 6.07 Å². The maximum Gasteiger partial charge on any atom is 0.409 e. The molecule has 9 heteroatoms. The Morgan fingerprint density at radius 1 is 1.00 bits per heavy atom. The number of rotatable bonds is 5. The molecule has 0 spiro atoms. The van der Waals surface area contributed by atoms with E-state index in [0.717, 1.165) is 38.5 Å². The van der Waals surface area contributed by atoms with Crippen molar-refractivity contribution in [2.24, 2.45) is 5.92 Å². The fourth-order valence-electron chi connectivity index (χ4n) is 4.66. The molecule has 0 radical (unpaired) electrons. The Morgan fingerprint density at radius 2 is 1.67 bits per heavy atom. The maximum absolute atomic E-state index is 12.9. The second-order valence-corrected chi connectivity index (χ2v) is 8.31. The molecule has 1 aliphatic carbocycles. The molecule has 1 saturated carbocycles.